The Morgan fingerprint density at radius 3 is 2.43 bits per heavy atom. The van der Waals surface area contributed by atoms with E-state index >= 15 is 0 Å². The Bertz CT molecular complexity index is 1160. The predicted molar refractivity (Wildman–Crippen MR) is 101 cm³/mol. The van der Waals surface area contributed by atoms with Gasteiger partial charge in [-0.3, -0.25) is 4.57 Å². The maximum Gasteiger partial charge on any atom is 0.335 e. The molecule has 1 aliphatic rings. The quantitative estimate of drug-likeness (QED) is 0.279. The predicted octanol–water partition coefficient (Wildman–Crippen LogP) is -0.604. The second kappa shape index (κ2) is 7.54. The number of carboxylic acid groups (broad SMARTS) is 1. The number of aliphatic hydroxyl groups is 3. The number of aliphatic carboxylic acids is 1. The van der Waals surface area contributed by atoms with Crippen molar-refractivity contribution in [3.05, 3.63) is 48.2 Å². The lowest BCUT2D eigenvalue weighted by molar-refractivity contribution is -0.246. The Morgan fingerprint density at radius 2 is 1.80 bits per heavy atom. The molecule has 30 heavy (non-hydrogen) atoms. The van der Waals surface area contributed by atoms with Gasteiger partial charge in [0.2, 0.25) is 0 Å². The molecule has 11 nitrogen and oxygen atoms in total. The Balaban J connectivity index is 1.89. The highest BCUT2D eigenvalue weighted by Gasteiger charge is 2.48. The molecule has 1 aromatic carbocycles. The summed E-state index contributed by atoms with van der Waals surface area (Å²) in [6.45, 7) is 0. The third kappa shape index (κ3) is 3.04. The van der Waals surface area contributed by atoms with E-state index < -0.39 is 36.6 Å². The SMILES string of the molecule is Cn1/c(=N\O)n([C@@H]2O[C@H](C(=O)O)[C@@H](O)[C@H](O)[C@H]2O)c2ncc(-c3ccccc3)cc21. The summed E-state index contributed by atoms with van der Waals surface area (Å²) in [6.07, 6.45) is -7.05. The van der Waals surface area contributed by atoms with Crippen molar-refractivity contribution < 1.29 is 35.2 Å². The minimum Gasteiger partial charge on any atom is -0.479 e. The van der Waals surface area contributed by atoms with E-state index in [1.807, 2.05) is 30.3 Å². The van der Waals surface area contributed by atoms with Crippen LogP contribution in [0.1, 0.15) is 6.23 Å². The van der Waals surface area contributed by atoms with Crippen LogP contribution in [-0.2, 0) is 16.6 Å². The molecule has 0 aliphatic carbocycles. The number of benzene rings is 1. The Morgan fingerprint density at radius 1 is 1.10 bits per heavy atom. The van der Waals surface area contributed by atoms with E-state index in [4.69, 9.17) is 4.74 Å². The van der Waals surface area contributed by atoms with Gasteiger partial charge in [0.15, 0.2) is 18.0 Å². The first-order chi connectivity index (χ1) is 14.3. The number of carbonyl (C=O) groups is 1. The van der Waals surface area contributed by atoms with Gasteiger partial charge in [-0.25, -0.2) is 9.78 Å². The molecule has 1 saturated heterocycles. The van der Waals surface area contributed by atoms with Crippen LogP contribution in [0, 0.1) is 0 Å². The first kappa shape index (κ1) is 20.0. The number of imidazole rings is 1. The number of pyridine rings is 1. The molecule has 1 fully saturated rings. The molecule has 0 bridgehead atoms. The fourth-order valence-electron chi connectivity index (χ4n) is 3.66. The first-order valence-corrected chi connectivity index (χ1v) is 9.08. The molecular formula is C19H20N4O7. The van der Waals surface area contributed by atoms with E-state index in [0.717, 1.165) is 11.1 Å². The number of aryl methyl sites for hydroxylation is 1. The monoisotopic (exact) mass is 416 g/mol. The van der Waals surface area contributed by atoms with Crippen LogP contribution in [0.5, 0.6) is 0 Å². The molecule has 0 radical (unpaired) electrons. The molecule has 158 valence electrons. The van der Waals surface area contributed by atoms with Gasteiger partial charge in [0, 0.05) is 18.8 Å². The van der Waals surface area contributed by atoms with Crippen molar-refractivity contribution in [1.29, 1.82) is 0 Å². The molecule has 2 aromatic heterocycles. The Kier molecular flexibility index (Phi) is 5.03. The molecule has 0 saturated carbocycles. The van der Waals surface area contributed by atoms with Gasteiger partial charge in [-0.05, 0) is 11.6 Å². The number of aromatic nitrogens is 3. The maximum absolute atomic E-state index is 11.4. The minimum absolute atomic E-state index is 0.0977. The number of carboxylic acids is 1. The summed E-state index contributed by atoms with van der Waals surface area (Å²) in [6, 6.07) is 11.2. The molecule has 1 aliphatic heterocycles. The fraction of sp³-hybridized carbons (Fsp3) is 0.316. The van der Waals surface area contributed by atoms with Crippen LogP contribution in [0.4, 0.5) is 0 Å². The van der Waals surface area contributed by atoms with Gasteiger partial charge in [-0.2, -0.15) is 0 Å². The number of aliphatic hydroxyl groups excluding tert-OH is 3. The van der Waals surface area contributed by atoms with Gasteiger partial charge in [-0.1, -0.05) is 35.5 Å². The fourth-order valence-corrected chi connectivity index (χ4v) is 3.66. The Hall–Kier alpha value is -3.25. The average molecular weight is 416 g/mol. The van der Waals surface area contributed by atoms with Gasteiger partial charge < -0.3 is 34.9 Å². The van der Waals surface area contributed by atoms with Crippen LogP contribution >= 0.6 is 0 Å². The van der Waals surface area contributed by atoms with E-state index in [1.54, 1.807) is 19.3 Å². The van der Waals surface area contributed by atoms with Crippen molar-refractivity contribution in [1.82, 2.24) is 14.1 Å². The summed E-state index contributed by atoms with van der Waals surface area (Å²) in [5.74, 6) is -1.51. The number of nitrogens with zero attached hydrogens (tertiary/aromatic N) is 4. The molecule has 5 N–H and O–H groups in total. The van der Waals surface area contributed by atoms with Crippen LogP contribution in [0.2, 0.25) is 0 Å². The highest BCUT2D eigenvalue weighted by Crippen LogP contribution is 2.31. The first-order valence-electron chi connectivity index (χ1n) is 9.08. The zero-order valence-corrected chi connectivity index (χ0v) is 15.8. The number of ether oxygens (including phenoxy) is 1. The molecule has 0 spiro atoms. The zero-order valence-electron chi connectivity index (χ0n) is 15.8. The third-order valence-corrected chi connectivity index (χ3v) is 5.23. The van der Waals surface area contributed by atoms with E-state index in [0.29, 0.717) is 5.52 Å². The summed E-state index contributed by atoms with van der Waals surface area (Å²) < 4.78 is 8.05. The summed E-state index contributed by atoms with van der Waals surface area (Å²) in [5, 5.41) is 52.7. The normalized spacial score (nSPS) is 27.5. The van der Waals surface area contributed by atoms with Crippen LogP contribution in [0.25, 0.3) is 22.3 Å². The van der Waals surface area contributed by atoms with Gasteiger partial charge in [0.25, 0.3) is 5.62 Å². The van der Waals surface area contributed by atoms with Gasteiger partial charge in [0.05, 0.1) is 5.52 Å². The maximum atomic E-state index is 11.4. The van der Waals surface area contributed by atoms with Gasteiger partial charge >= 0.3 is 5.97 Å². The van der Waals surface area contributed by atoms with E-state index in [2.05, 4.69) is 10.1 Å². The lowest BCUT2D eigenvalue weighted by atomic mass is 9.98. The minimum atomic E-state index is -1.84. The van der Waals surface area contributed by atoms with Crippen molar-refractivity contribution in [3.63, 3.8) is 0 Å². The molecule has 11 heteroatoms. The lowest BCUT2D eigenvalue weighted by Gasteiger charge is -2.39. The van der Waals surface area contributed by atoms with Crippen LogP contribution in [0.15, 0.2) is 47.8 Å². The van der Waals surface area contributed by atoms with Crippen molar-refractivity contribution in [2.75, 3.05) is 0 Å². The standard InChI is InChI=1S/C19H20N4O7/c1-22-11-7-10(9-5-3-2-4-6-9)8-20-16(11)23(19(22)21-29)17-14(26)12(24)13(25)15(30-17)18(27)28/h2-8,12-15,17,24-26,29H,1H3,(H,27,28)/b21-19+/t12-,13-,14+,15-,17+/m0/s1. The van der Waals surface area contributed by atoms with Gasteiger partial charge in [-0.15, -0.1) is 0 Å². The number of rotatable bonds is 3. The van der Waals surface area contributed by atoms with Crippen molar-refractivity contribution in [2.45, 2.75) is 30.6 Å². The lowest BCUT2D eigenvalue weighted by Crippen LogP contribution is -2.58. The van der Waals surface area contributed by atoms with E-state index in [-0.39, 0.29) is 11.3 Å². The second-order valence-electron chi connectivity index (χ2n) is 7.02. The molecule has 3 aromatic rings. The molecule has 3 heterocycles. The van der Waals surface area contributed by atoms with Crippen LogP contribution < -0.4 is 5.62 Å². The van der Waals surface area contributed by atoms with E-state index in [1.165, 1.54) is 9.13 Å². The van der Waals surface area contributed by atoms with Crippen LogP contribution in [0.3, 0.4) is 0 Å². The molecule has 0 amide bonds. The highest BCUT2D eigenvalue weighted by molar-refractivity contribution is 5.79. The summed E-state index contributed by atoms with van der Waals surface area (Å²) in [4.78, 5) is 15.8. The zero-order chi connectivity index (χ0) is 21.6. The summed E-state index contributed by atoms with van der Waals surface area (Å²) >= 11 is 0. The van der Waals surface area contributed by atoms with Crippen molar-refractivity contribution >= 4 is 17.1 Å². The second-order valence-corrected chi connectivity index (χ2v) is 7.02. The van der Waals surface area contributed by atoms with Crippen molar-refractivity contribution in [3.8, 4) is 11.1 Å². The number of hydrogen-bond donors (Lipinski definition) is 5. The van der Waals surface area contributed by atoms with E-state index in [9.17, 15) is 30.4 Å². The number of hydrogen-bond acceptors (Lipinski definition) is 8. The largest absolute Gasteiger partial charge is 0.479 e. The number of fused-ring (bicyclic) bond motifs is 1. The average Bonchev–Trinajstić information content (AvgIpc) is 3.03. The smallest absolute Gasteiger partial charge is 0.335 e. The van der Waals surface area contributed by atoms with Crippen molar-refractivity contribution in [2.24, 2.45) is 12.2 Å². The summed E-state index contributed by atoms with van der Waals surface area (Å²) in [7, 11) is 1.60. The Labute approximate surface area is 169 Å². The molecular weight excluding hydrogens is 396 g/mol. The highest BCUT2D eigenvalue weighted by atomic mass is 16.6. The topological polar surface area (TPSA) is 163 Å². The molecule has 0 unspecified atom stereocenters. The third-order valence-electron chi connectivity index (χ3n) is 5.23. The summed E-state index contributed by atoms with van der Waals surface area (Å²) in [5.41, 5.74) is 2.32. The van der Waals surface area contributed by atoms with Gasteiger partial charge in [0.1, 0.15) is 18.3 Å². The van der Waals surface area contributed by atoms with Crippen LogP contribution in [-0.4, -0.2) is 70.1 Å². The molecule has 4 rings (SSSR count). The molecule has 5 atom stereocenters.